The summed E-state index contributed by atoms with van der Waals surface area (Å²) in [4.78, 5) is 0. The lowest BCUT2D eigenvalue weighted by molar-refractivity contribution is -0.176. The Morgan fingerprint density at radius 3 is 2.60 bits per heavy atom. The summed E-state index contributed by atoms with van der Waals surface area (Å²) in [5.74, 6) is 0.629. The molecular weight excluding hydrogens is 276 g/mol. The summed E-state index contributed by atoms with van der Waals surface area (Å²) in [6.45, 7) is 5.40. The third-order valence-corrected chi connectivity index (χ3v) is 6.19. The molecule has 3 atom stereocenters. The van der Waals surface area contributed by atoms with Gasteiger partial charge in [0.1, 0.15) is 0 Å². The smallest absolute Gasteiger partial charge is 0.209 e. The zero-order chi connectivity index (χ0) is 14.6. The largest absolute Gasteiger partial charge is 0.377 e. The van der Waals surface area contributed by atoms with Gasteiger partial charge in [0.15, 0.2) is 0 Å². The molecule has 1 saturated heterocycles. The van der Waals surface area contributed by atoms with Crippen LogP contribution in [0.5, 0.6) is 0 Å². The van der Waals surface area contributed by atoms with Crippen LogP contribution in [0.2, 0.25) is 0 Å². The molecule has 3 aliphatic rings. The van der Waals surface area contributed by atoms with Crippen LogP contribution in [0, 0.1) is 11.3 Å². The molecule has 2 aliphatic carbocycles. The number of rotatable bonds is 5. The quantitative estimate of drug-likeness (QED) is 0.790. The topological polar surface area (TPSA) is 67.4 Å². The monoisotopic (exact) mass is 302 g/mol. The van der Waals surface area contributed by atoms with Crippen LogP contribution in [0.1, 0.15) is 39.5 Å². The van der Waals surface area contributed by atoms with Gasteiger partial charge in [-0.2, -0.15) is 0 Å². The Bertz CT molecular complexity index is 485. The molecule has 1 heterocycles. The summed E-state index contributed by atoms with van der Waals surface area (Å²) < 4.78 is 31.4. The number of hydrogen-bond donors (Lipinski definition) is 2. The number of ether oxygens (including phenoxy) is 1. The Morgan fingerprint density at radius 2 is 2.05 bits per heavy atom. The maximum Gasteiger partial charge on any atom is 0.209 e. The van der Waals surface area contributed by atoms with E-state index in [1.54, 1.807) is 0 Å². The van der Waals surface area contributed by atoms with E-state index in [0.717, 1.165) is 13.0 Å². The zero-order valence-corrected chi connectivity index (χ0v) is 13.4. The molecule has 0 amide bonds. The number of hydrogen-bond acceptors (Lipinski definition) is 4. The first-order valence-corrected chi connectivity index (χ1v) is 9.47. The first kappa shape index (κ1) is 14.8. The highest BCUT2D eigenvalue weighted by molar-refractivity contribution is 7.88. The van der Waals surface area contributed by atoms with Gasteiger partial charge in [-0.15, -0.1) is 0 Å². The maximum atomic E-state index is 11.4. The van der Waals surface area contributed by atoms with E-state index in [0.29, 0.717) is 30.0 Å². The van der Waals surface area contributed by atoms with Gasteiger partial charge in [-0.05, 0) is 33.1 Å². The van der Waals surface area contributed by atoms with Crippen molar-refractivity contribution in [3.8, 4) is 0 Å². The van der Waals surface area contributed by atoms with E-state index in [1.165, 1.54) is 25.5 Å². The van der Waals surface area contributed by atoms with Crippen LogP contribution in [0.15, 0.2) is 0 Å². The van der Waals surface area contributed by atoms with Crippen molar-refractivity contribution in [2.75, 3.05) is 19.4 Å². The summed E-state index contributed by atoms with van der Waals surface area (Å²) in [5, 5.41) is 3.64. The fraction of sp³-hybridized carbons (Fsp3) is 1.00. The molecule has 116 valence electrons. The summed E-state index contributed by atoms with van der Waals surface area (Å²) >= 11 is 0. The Hall–Kier alpha value is -0.170. The fourth-order valence-electron chi connectivity index (χ4n) is 4.46. The van der Waals surface area contributed by atoms with Gasteiger partial charge in [-0.1, -0.05) is 6.42 Å². The van der Waals surface area contributed by atoms with E-state index in [-0.39, 0.29) is 0 Å². The molecule has 1 aliphatic heterocycles. The van der Waals surface area contributed by atoms with Crippen LogP contribution in [0.3, 0.4) is 0 Å². The van der Waals surface area contributed by atoms with Gasteiger partial charge in [0.05, 0.1) is 12.4 Å². The minimum absolute atomic E-state index is 0.350. The van der Waals surface area contributed by atoms with Crippen LogP contribution in [0.4, 0.5) is 0 Å². The van der Waals surface area contributed by atoms with Crippen molar-refractivity contribution in [2.24, 2.45) is 11.3 Å². The second-order valence-electron chi connectivity index (χ2n) is 7.45. The molecule has 1 spiro atoms. The summed E-state index contributed by atoms with van der Waals surface area (Å²) in [6, 6.07) is 0.504. The van der Waals surface area contributed by atoms with Crippen LogP contribution in [0.25, 0.3) is 0 Å². The van der Waals surface area contributed by atoms with E-state index in [9.17, 15) is 8.42 Å². The minimum atomic E-state index is -3.17. The average molecular weight is 302 g/mol. The Labute approximate surface area is 121 Å². The van der Waals surface area contributed by atoms with Gasteiger partial charge in [-0.3, -0.25) is 0 Å². The fourth-order valence-corrected chi connectivity index (χ4v) is 5.54. The van der Waals surface area contributed by atoms with E-state index < -0.39 is 15.6 Å². The highest BCUT2D eigenvalue weighted by atomic mass is 32.2. The molecule has 0 bridgehead atoms. The molecular formula is C14H26N2O3S. The molecule has 0 radical (unpaired) electrons. The zero-order valence-electron chi connectivity index (χ0n) is 12.6. The van der Waals surface area contributed by atoms with Crippen LogP contribution < -0.4 is 10.0 Å². The molecule has 3 rings (SSSR count). The Balaban J connectivity index is 1.61. The lowest BCUT2D eigenvalue weighted by Crippen LogP contribution is -2.72. The number of fused-ring (bicyclic) bond motifs is 2. The maximum absolute atomic E-state index is 11.4. The van der Waals surface area contributed by atoms with E-state index >= 15 is 0 Å². The predicted molar refractivity (Wildman–Crippen MR) is 78.0 cm³/mol. The number of nitrogens with one attached hydrogen (secondary N) is 2. The van der Waals surface area contributed by atoms with Crippen molar-refractivity contribution in [3.63, 3.8) is 0 Å². The first-order valence-electron chi connectivity index (χ1n) is 7.58. The molecule has 0 unspecified atom stereocenters. The molecule has 6 heteroatoms. The highest BCUT2D eigenvalue weighted by Crippen LogP contribution is 2.62. The van der Waals surface area contributed by atoms with Crippen LogP contribution in [-0.4, -0.2) is 45.5 Å². The SMILES string of the molecule is CC(C)(CN[C@@H]1[C@@H]2CCO[C@@H]2C12CCC2)NS(C)(=O)=O. The van der Waals surface area contributed by atoms with E-state index in [4.69, 9.17) is 4.74 Å². The summed E-state index contributed by atoms with van der Waals surface area (Å²) in [6.07, 6.45) is 6.63. The number of sulfonamides is 1. The molecule has 5 nitrogen and oxygen atoms in total. The summed E-state index contributed by atoms with van der Waals surface area (Å²) in [5.41, 5.74) is -0.106. The van der Waals surface area contributed by atoms with Crippen molar-refractivity contribution >= 4 is 10.0 Å². The first-order chi connectivity index (χ1) is 9.24. The van der Waals surface area contributed by atoms with Gasteiger partial charge in [-0.25, -0.2) is 13.1 Å². The second kappa shape index (κ2) is 4.66. The van der Waals surface area contributed by atoms with E-state index in [1.807, 2.05) is 13.8 Å². The van der Waals surface area contributed by atoms with Crippen molar-refractivity contribution in [1.82, 2.24) is 10.0 Å². The standard InChI is InChI=1S/C14H26N2O3S/c1-13(2,16-20(3,17)18)9-15-11-10-5-8-19-12(10)14(11)6-4-7-14/h10-12,15-16H,4-9H2,1-3H3/t10-,11+,12-/m0/s1. The second-order valence-corrected chi connectivity index (χ2v) is 9.20. The molecule has 20 heavy (non-hydrogen) atoms. The minimum Gasteiger partial charge on any atom is -0.377 e. The van der Waals surface area contributed by atoms with Crippen molar-refractivity contribution in [2.45, 2.75) is 57.2 Å². The highest BCUT2D eigenvalue weighted by Gasteiger charge is 2.66. The van der Waals surface area contributed by atoms with Gasteiger partial charge < -0.3 is 10.1 Å². The third kappa shape index (κ3) is 2.40. The van der Waals surface area contributed by atoms with Crippen LogP contribution in [-0.2, 0) is 14.8 Å². The normalized spacial score (nSPS) is 35.5. The molecule has 0 aromatic heterocycles. The molecule has 0 aromatic carbocycles. The molecule has 0 aromatic rings. The predicted octanol–water partition coefficient (Wildman–Crippen LogP) is 0.861. The lowest BCUT2D eigenvalue weighted by Gasteiger charge is -2.63. The van der Waals surface area contributed by atoms with Gasteiger partial charge >= 0.3 is 0 Å². The van der Waals surface area contributed by atoms with Crippen LogP contribution >= 0.6 is 0 Å². The lowest BCUT2D eigenvalue weighted by atomic mass is 9.46. The van der Waals surface area contributed by atoms with Gasteiger partial charge in [0.25, 0.3) is 0 Å². The molecule has 2 saturated carbocycles. The van der Waals surface area contributed by atoms with E-state index in [2.05, 4.69) is 10.0 Å². The summed E-state index contributed by atoms with van der Waals surface area (Å²) in [7, 11) is -3.17. The van der Waals surface area contributed by atoms with Gasteiger partial charge in [0, 0.05) is 36.1 Å². The van der Waals surface area contributed by atoms with Crippen molar-refractivity contribution in [1.29, 1.82) is 0 Å². The molecule has 2 N–H and O–H groups in total. The molecule has 3 fully saturated rings. The average Bonchev–Trinajstić information content (AvgIpc) is 2.57. The van der Waals surface area contributed by atoms with Crippen molar-refractivity contribution < 1.29 is 13.2 Å². The Kier molecular flexibility index (Phi) is 3.44. The van der Waals surface area contributed by atoms with Crippen molar-refractivity contribution in [3.05, 3.63) is 0 Å². The van der Waals surface area contributed by atoms with Gasteiger partial charge in [0.2, 0.25) is 10.0 Å². The Morgan fingerprint density at radius 1 is 1.35 bits per heavy atom. The third-order valence-electron chi connectivity index (χ3n) is 5.26.